The van der Waals surface area contributed by atoms with Gasteiger partial charge in [-0.15, -0.1) is 0 Å². The zero-order valence-electron chi connectivity index (χ0n) is 88.9. The van der Waals surface area contributed by atoms with Gasteiger partial charge in [0.25, 0.3) is 5.91 Å². The second kappa shape index (κ2) is 47.7. The highest BCUT2D eigenvalue weighted by Gasteiger charge is 2.43. The molecule has 7 aromatic carbocycles. The third-order valence-corrected chi connectivity index (χ3v) is 35.6. The average molecular weight is 2010 g/mol. The Balaban J connectivity index is 0.000000199. The monoisotopic (exact) mass is 2010 g/mol. The molecule has 26 nitrogen and oxygen atoms in total. The van der Waals surface area contributed by atoms with Crippen molar-refractivity contribution in [3.63, 3.8) is 0 Å². The average Bonchev–Trinajstić information content (AvgIpc) is 1.76. The normalized spacial score (nSPS) is 19.2. The molecule has 5 fully saturated rings. The number of aryl methyl sites for hydroxylation is 2. The molecule has 7 heterocycles. The number of β-amino-alcohol motifs (C(OH)–C–C–N with tert-alkyl or cyclic N) is 1. The van der Waals surface area contributed by atoms with Crippen molar-refractivity contribution < 1.29 is 52.0 Å². The predicted octanol–water partition coefficient (Wildman–Crippen LogP) is 16.7. The number of fused-ring (bicyclic) bond motifs is 1. The fourth-order valence-electron chi connectivity index (χ4n) is 17.7. The van der Waals surface area contributed by atoms with E-state index >= 15 is 0 Å². The van der Waals surface area contributed by atoms with Crippen LogP contribution >= 0.6 is 0 Å². The zero-order chi connectivity index (χ0) is 104. The van der Waals surface area contributed by atoms with Crippen molar-refractivity contribution in [3.05, 3.63) is 233 Å². The largest absolute Gasteiger partial charge is 0.390 e. The van der Waals surface area contributed by atoms with Crippen molar-refractivity contribution in [2.75, 3.05) is 120 Å². The lowest BCUT2D eigenvalue weighted by molar-refractivity contribution is 0.0953. The minimum Gasteiger partial charge on any atom is -0.390 e. The van der Waals surface area contributed by atoms with E-state index < -0.39 is 56.2 Å². The molecular formula is C108H166N14O12S5. The third kappa shape index (κ3) is 31.0. The van der Waals surface area contributed by atoms with Gasteiger partial charge in [-0.1, -0.05) is 275 Å². The third-order valence-electron chi connectivity index (χ3n) is 26.0. The molecule has 4 N–H and O–H groups in total. The highest BCUT2D eigenvalue weighted by atomic mass is 32.2. The first-order valence-corrected chi connectivity index (χ1v) is 56.1. The molecule has 139 heavy (non-hydrogen) atoms. The number of nitrogens with one attached hydrogen (secondary N) is 3. The number of hydrogen-bond donors (Lipinski definition) is 4. The van der Waals surface area contributed by atoms with E-state index in [0.717, 1.165) is 96.6 Å². The number of aromatic nitrogens is 4. The highest BCUT2D eigenvalue weighted by Crippen LogP contribution is 2.39. The van der Waals surface area contributed by atoms with E-state index in [1.165, 1.54) is 19.7 Å². The first-order valence-electron chi connectivity index (χ1n) is 48.9. The fourth-order valence-corrected chi connectivity index (χ4v) is 27.0. The van der Waals surface area contributed by atoms with Crippen LogP contribution in [0.1, 0.15) is 240 Å². The second-order valence-electron chi connectivity index (χ2n) is 45.3. The molecule has 0 radical (unpaired) electrons. The highest BCUT2D eigenvalue weighted by molar-refractivity contribution is 7.90. The maximum Gasteiger partial charge on any atom is 0.251 e. The van der Waals surface area contributed by atoms with Crippen LogP contribution in [0.4, 0.5) is 0 Å². The number of sulfonamides is 5. The van der Waals surface area contributed by atoms with Gasteiger partial charge in [-0.05, 0) is 199 Å². The lowest BCUT2D eigenvalue weighted by atomic mass is 9.86. The van der Waals surface area contributed by atoms with Crippen LogP contribution in [0, 0.1) is 11.8 Å². The van der Waals surface area contributed by atoms with Gasteiger partial charge < -0.3 is 40.0 Å². The Hall–Kier alpha value is -7.96. The van der Waals surface area contributed by atoms with Gasteiger partial charge in [-0.3, -0.25) is 4.79 Å². The van der Waals surface area contributed by atoms with E-state index in [9.17, 15) is 52.0 Å². The molecule has 0 saturated carbocycles. The van der Waals surface area contributed by atoms with Crippen molar-refractivity contribution in [2.45, 2.75) is 278 Å². The Morgan fingerprint density at radius 2 is 0.914 bits per heavy atom. The van der Waals surface area contributed by atoms with Crippen LogP contribution in [-0.4, -0.2) is 248 Å². The maximum absolute atomic E-state index is 13.0. The molecule has 0 aliphatic carbocycles. The van der Waals surface area contributed by atoms with E-state index in [-0.39, 0.29) is 62.4 Å². The Labute approximate surface area is 836 Å². The molecular weight excluding hydrogens is 1850 g/mol. The van der Waals surface area contributed by atoms with Gasteiger partial charge in [0.1, 0.15) is 5.82 Å². The Morgan fingerprint density at radius 3 is 1.31 bits per heavy atom. The van der Waals surface area contributed by atoms with E-state index in [1.807, 2.05) is 258 Å². The SMILES string of the molecule is CC1CCN(S(=O)(=O)c2ccccc2C(C)(C)C)C1.CCC1CN(S(=O)(=O)c2ccccc2C(C)(C)C)CCN1.CN(C)C1CCN(S(=O)(=O)c2ccccc2C(C)(C)C)C1.CN(C)C1CN(S(=O)(=O)c2ccccc2C(C)(C)C)CC1O.CN(CC1CCNC1)S(=O)(=O)c1ccccc1C(C)(C)C.Cn1c(C(C)(C)C)nc2ccccc21.Cn1cnc(CCNC(=O)c2cccc(C(C)(C)C)c2)c1. The molecule has 5 saturated heterocycles. The van der Waals surface area contributed by atoms with Crippen LogP contribution in [0.3, 0.4) is 0 Å². The van der Waals surface area contributed by atoms with Crippen LogP contribution < -0.4 is 16.0 Å². The maximum atomic E-state index is 13.0. The molecule has 6 unspecified atom stereocenters. The molecule has 6 atom stereocenters. The molecule has 770 valence electrons. The summed E-state index contributed by atoms with van der Waals surface area (Å²) in [5.41, 5.74) is 8.65. The standard InChI is InChI=1S/C17H23N3O.C16H26N2O3S.3C16H26N2O2S.C15H23NO2S.C12H16N2/c1-17(2,3)14-7-5-6-13(10-14)16(21)18-9-8-15-11-20(4)12-19-15;1-16(2,3)12-8-6-7-9-15(12)22(20,21)18-10-13(17(4)5)14(19)11-18;1-16(2,3)14-8-6-7-9-15(14)21(19,20)18-11-10-13(12-18)17(4)5;1-16(2,3)14-7-5-6-8-15(14)21(19,20)18(4)12-13-9-10-17-11-13;1-5-13-12-18(11-10-17-13)21(19,20)15-9-7-6-8-14(15)16(2,3)4;1-12-9-10-16(11-12)19(17,18)14-8-6-5-7-13(14)15(2,3)4;1-12(2,3)11-13-9-7-5-6-8-10(9)14(11)4/h5-7,10-12H,8-9H2,1-4H3,(H,18,21);6-9,13-14,19H,10-11H2,1-5H3;6-9,13H,10-12H2,1-5H3;5-8,13,17H,9-12H2,1-4H3;6-9,13,17H,5,10-12H2,1-4H3;5-8,12H,9-11H2,1-4H3;5-8H,1-4H3. The summed E-state index contributed by atoms with van der Waals surface area (Å²) < 4.78 is 141. The smallest absolute Gasteiger partial charge is 0.251 e. The summed E-state index contributed by atoms with van der Waals surface area (Å²) in [4.78, 5) is 27.2. The zero-order valence-corrected chi connectivity index (χ0v) is 93.0. The number of amides is 1. The van der Waals surface area contributed by atoms with Crippen molar-refractivity contribution in [3.8, 4) is 0 Å². The Kier molecular flexibility index (Phi) is 39.9. The number of carbonyl (C=O) groups is 1. The lowest BCUT2D eigenvalue weighted by Crippen LogP contribution is -2.52. The van der Waals surface area contributed by atoms with E-state index in [0.29, 0.717) is 107 Å². The van der Waals surface area contributed by atoms with Gasteiger partial charge in [-0.2, -0.15) is 17.2 Å². The Morgan fingerprint density at radius 1 is 0.475 bits per heavy atom. The number of aliphatic hydroxyl groups is 1. The van der Waals surface area contributed by atoms with Gasteiger partial charge in [0.2, 0.25) is 50.1 Å². The van der Waals surface area contributed by atoms with Crippen molar-refractivity contribution in [1.29, 1.82) is 0 Å². The topological polar surface area (TPSA) is 302 Å². The number of para-hydroxylation sites is 2. The summed E-state index contributed by atoms with van der Waals surface area (Å²) in [6, 6.07) is 53.0. The van der Waals surface area contributed by atoms with Gasteiger partial charge in [0.05, 0.1) is 59.7 Å². The predicted molar refractivity (Wildman–Crippen MR) is 567 cm³/mol. The molecule has 0 bridgehead atoms. The molecule has 14 rings (SSSR count). The number of aliphatic hydroxyl groups excluding tert-OH is 1. The Bertz CT molecular complexity index is 6140. The minimum atomic E-state index is -3.61. The summed E-state index contributed by atoms with van der Waals surface area (Å²) in [5, 5.41) is 19.7. The lowest BCUT2D eigenvalue weighted by Gasteiger charge is -2.33. The number of rotatable bonds is 19. The van der Waals surface area contributed by atoms with Crippen molar-refractivity contribution >= 4 is 67.1 Å². The van der Waals surface area contributed by atoms with Crippen LogP contribution in [0.5, 0.6) is 0 Å². The van der Waals surface area contributed by atoms with E-state index in [2.05, 4.69) is 122 Å². The molecule has 9 aromatic rings. The quantitative estimate of drug-likeness (QED) is 0.0585. The van der Waals surface area contributed by atoms with Crippen molar-refractivity contribution in [2.24, 2.45) is 25.9 Å². The van der Waals surface area contributed by atoms with Crippen LogP contribution in [-0.2, 0) is 109 Å². The summed E-state index contributed by atoms with van der Waals surface area (Å²) in [6.45, 7) is 55.5. The van der Waals surface area contributed by atoms with Gasteiger partial charge in [0.15, 0.2) is 0 Å². The van der Waals surface area contributed by atoms with E-state index in [4.69, 9.17) is 0 Å². The molecule has 1 amide bonds. The number of nitrogens with zero attached hydrogens (tertiary/aromatic N) is 11. The summed E-state index contributed by atoms with van der Waals surface area (Å²) >= 11 is 0. The van der Waals surface area contributed by atoms with Crippen LogP contribution in [0.25, 0.3) is 11.0 Å². The first-order chi connectivity index (χ1) is 64.3. The summed E-state index contributed by atoms with van der Waals surface area (Å²) in [6.07, 6.45) is 7.64. The van der Waals surface area contributed by atoms with Gasteiger partial charge in [-0.25, -0.2) is 56.4 Å². The van der Waals surface area contributed by atoms with Gasteiger partial charge >= 0.3 is 0 Å². The number of imidazole rings is 2. The summed E-state index contributed by atoms with van der Waals surface area (Å²) in [7, 11) is -3.81. The number of benzene rings is 7. The number of hydrogen-bond acceptors (Lipinski definition) is 18. The molecule has 31 heteroatoms. The van der Waals surface area contributed by atoms with Crippen LogP contribution in [0.15, 0.2) is 207 Å². The molecule has 5 aliphatic heterocycles. The molecule has 5 aliphatic rings. The molecule has 0 spiro atoms. The number of carbonyl (C=O) groups excluding carboxylic acids is 1. The van der Waals surface area contributed by atoms with Crippen molar-refractivity contribution in [1.82, 2.24) is 66.4 Å². The first kappa shape index (κ1) is 116. The number of piperazine rings is 1. The fraction of sp³-hybridized carbons (Fsp3) is 0.565. The number of likely N-dealkylation sites (N-methyl/N-ethyl adjacent to an activating group) is 2. The van der Waals surface area contributed by atoms with E-state index in [1.54, 1.807) is 68.8 Å². The van der Waals surface area contributed by atoms with Crippen LogP contribution in [0.2, 0.25) is 0 Å². The molecule has 2 aromatic heterocycles. The minimum absolute atomic E-state index is 0.0305. The summed E-state index contributed by atoms with van der Waals surface area (Å²) in [5.74, 6) is 1.97. The second-order valence-corrected chi connectivity index (χ2v) is 55.0. The van der Waals surface area contributed by atoms with Gasteiger partial charge in [0, 0.05) is 129 Å².